The van der Waals surface area contributed by atoms with Crippen LogP contribution >= 0.6 is 0 Å². The van der Waals surface area contributed by atoms with Crippen LogP contribution in [0.25, 0.3) is 0 Å². The molecule has 0 unspecified atom stereocenters. The maximum atomic E-state index is 9.31. The summed E-state index contributed by atoms with van der Waals surface area (Å²) in [5.41, 5.74) is 0. The van der Waals surface area contributed by atoms with Gasteiger partial charge in [0, 0.05) is 0 Å². The van der Waals surface area contributed by atoms with Gasteiger partial charge in [-0.25, -0.2) is 0 Å². The molecule has 0 amide bonds. The van der Waals surface area contributed by atoms with Gasteiger partial charge < -0.3 is 9.84 Å². The van der Waals surface area contributed by atoms with Gasteiger partial charge >= 0.3 is 0 Å². The molecule has 1 rings (SSSR count). The summed E-state index contributed by atoms with van der Waals surface area (Å²) >= 11 is 0. The van der Waals surface area contributed by atoms with E-state index in [2.05, 4.69) is 0 Å². The second kappa shape index (κ2) is 3.35. The molecule has 0 heterocycles. The van der Waals surface area contributed by atoms with Gasteiger partial charge in [-0.15, -0.1) is 0 Å². The average Bonchev–Trinajstić information content (AvgIpc) is 2.15. The van der Waals surface area contributed by atoms with E-state index in [0.29, 0.717) is 0 Å². The van der Waals surface area contributed by atoms with Gasteiger partial charge in [0.05, 0.1) is 18.3 Å². The summed E-state index contributed by atoms with van der Waals surface area (Å²) in [4.78, 5) is 0. The molecule has 0 spiro atoms. The highest BCUT2D eigenvalue weighted by Gasteiger charge is 2.26. The molecule has 0 aromatic heterocycles. The Labute approximate surface area is 62.2 Å². The minimum atomic E-state index is -0.206. The molecular weight excluding hydrogens is 128 g/mol. The fraction of sp³-hybridized carbons (Fsp3) is 1.00. The first-order valence-electron chi connectivity index (χ1n) is 4.03. The molecule has 1 aliphatic rings. The number of aliphatic hydroxyl groups is 1. The van der Waals surface area contributed by atoms with Crippen LogP contribution < -0.4 is 0 Å². The van der Waals surface area contributed by atoms with E-state index in [9.17, 15) is 5.11 Å². The minimum Gasteiger partial charge on any atom is -0.390 e. The maximum Gasteiger partial charge on any atom is 0.0837 e. The van der Waals surface area contributed by atoms with E-state index >= 15 is 0 Å². The van der Waals surface area contributed by atoms with Crippen LogP contribution in [0.4, 0.5) is 0 Å². The highest BCUT2D eigenvalue weighted by Crippen LogP contribution is 2.22. The highest BCUT2D eigenvalue weighted by atomic mass is 16.5. The Morgan fingerprint density at radius 3 is 2.50 bits per heavy atom. The third-order valence-electron chi connectivity index (χ3n) is 1.86. The third-order valence-corrected chi connectivity index (χ3v) is 1.86. The first-order valence-corrected chi connectivity index (χ1v) is 4.03. The molecule has 0 saturated heterocycles. The van der Waals surface area contributed by atoms with Crippen molar-refractivity contribution in [2.75, 3.05) is 0 Å². The van der Waals surface area contributed by atoms with Crippen molar-refractivity contribution in [2.24, 2.45) is 0 Å². The molecule has 10 heavy (non-hydrogen) atoms. The number of hydrogen-bond donors (Lipinski definition) is 1. The highest BCUT2D eigenvalue weighted by molar-refractivity contribution is 4.77. The molecule has 0 aliphatic heterocycles. The standard InChI is InChI=1S/C8H16O2/c1-6(2)10-8-5-3-4-7(8)9/h6-9H,3-5H2,1-2H3/t7-,8+/m0/s1. The Kier molecular flexibility index (Phi) is 2.69. The van der Waals surface area contributed by atoms with Crippen molar-refractivity contribution in [3.8, 4) is 0 Å². The predicted octanol–water partition coefficient (Wildman–Crippen LogP) is 1.32. The van der Waals surface area contributed by atoms with Crippen molar-refractivity contribution >= 4 is 0 Å². The van der Waals surface area contributed by atoms with Gasteiger partial charge in [-0.3, -0.25) is 0 Å². The van der Waals surface area contributed by atoms with Gasteiger partial charge in [-0.05, 0) is 33.1 Å². The van der Waals surface area contributed by atoms with Gasteiger partial charge in [0.25, 0.3) is 0 Å². The van der Waals surface area contributed by atoms with Gasteiger partial charge in [0.1, 0.15) is 0 Å². The second-order valence-corrected chi connectivity index (χ2v) is 3.22. The number of aliphatic hydroxyl groups excluding tert-OH is 1. The van der Waals surface area contributed by atoms with Gasteiger partial charge in [0.2, 0.25) is 0 Å². The van der Waals surface area contributed by atoms with E-state index in [4.69, 9.17) is 4.74 Å². The largest absolute Gasteiger partial charge is 0.390 e. The molecule has 0 aromatic carbocycles. The number of rotatable bonds is 2. The fourth-order valence-electron chi connectivity index (χ4n) is 1.41. The summed E-state index contributed by atoms with van der Waals surface area (Å²) in [6, 6.07) is 0. The van der Waals surface area contributed by atoms with Crippen LogP contribution in [-0.4, -0.2) is 23.4 Å². The third kappa shape index (κ3) is 1.96. The van der Waals surface area contributed by atoms with Crippen LogP contribution in [0.5, 0.6) is 0 Å². The Morgan fingerprint density at radius 1 is 1.40 bits per heavy atom. The summed E-state index contributed by atoms with van der Waals surface area (Å²) in [6.07, 6.45) is 3.20. The average molecular weight is 144 g/mol. The van der Waals surface area contributed by atoms with E-state index in [1.165, 1.54) is 0 Å². The molecule has 2 heteroatoms. The van der Waals surface area contributed by atoms with Gasteiger partial charge in [0.15, 0.2) is 0 Å². The van der Waals surface area contributed by atoms with Gasteiger partial charge in [-0.2, -0.15) is 0 Å². The van der Waals surface area contributed by atoms with Crippen LogP contribution in [-0.2, 0) is 4.74 Å². The molecule has 0 radical (unpaired) electrons. The zero-order valence-electron chi connectivity index (χ0n) is 6.71. The lowest BCUT2D eigenvalue weighted by atomic mass is 10.2. The smallest absolute Gasteiger partial charge is 0.0837 e. The summed E-state index contributed by atoms with van der Waals surface area (Å²) in [6.45, 7) is 4.01. The monoisotopic (exact) mass is 144 g/mol. The van der Waals surface area contributed by atoms with E-state index in [1.807, 2.05) is 13.8 Å². The Balaban J connectivity index is 2.26. The summed E-state index contributed by atoms with van der Waals surface area (Å²) in [7, 11) is 0. The SMILES string of the molecule is CC(C)O[C@@H]1CCC[C@@H]1O. The predicted molar refractivity (Wildman–Crippen MR) is 39.9 cm³/mol. The lowest BCUT2D eigenvalue weighted by Crippen LogP contribution is -2.25. The molecule has 1 saturated carbocycles. The van der Waals surface area contributed by atoms with E-state index in [-0.39, 0.29) is 18.3 Å². The van der Waals surface area contributed by atoms with Crippen molar-refractivity contribution in [3.05, 3.63) is 0 Å². The quantitative estimate of drug-likeness (QED) is 0.633. The maximum absolute atomic E-state index is 9.31. The van der Waals surface area contributed by atoms with Crippen LogP contribution in [0.15, 0.2) is 0 Å². The Hall–Kier alpha value is -0.0800. The molecular formula is C8H16O2. The molecule has 2 nitrogen and oxygen atoms in total. The van der Waals surface area contributed by atoms with Crippen molar-refractivity contribution in [1.82, 2.24) is 0 Å². The zero-order valence-corrected chi connectivity index (χ0v) is 6.71. The summed E-state index contributed by atoms with van der Waals surface area (Å²) in [5.74, 6) is 0. The topological polar surface area (TPSA) is 29.5 Å². The van der Waals surface area contributed by atoms with Crippen molar-refractivity contribution < 1.29 is 9.84 Å². The number of ether oxygens (including phenoxy) is 1. The summed E-state index contributed by atoms with van der Waals surface area (Å²) in [5, 5.41) is 9.31. The molecule has 60 valence electrons. The molecule has 1 N–H and O–H groups in total. The first-order chi connectivity index (χ1) is 4.70. The van der Waals surface area contributed by atoms with Crippen molar-refractivity contribution in [2.45, 2.75) is 51.4 Å². The van der Waals surface area contributed by atoms with E-state index < -0.39 is 0 Å². The first kappa shape index (κ1) is 8.02. The molecule has 2 atom stereocenters. The van der Waals surface area contributed by atoms with Crippen LogP contribution in [0.3, 0.4) is 0 Å². The van der Waals surface area contributed by atoms with E-state index in [0.717, 1.165) is 19.3 Å². The Bertz CT molecular complexity index is 101. The molecule has 1 aliphatic carbocycles. The zero-order chi connectivity index (χ0) is 7.56. The molecule has 0 aromatic rings. The van der Waals surface area contributed by atoms with Crippen molar-refractivity contribution in [3.63, 3.8) is 0 Å². The van der Waals surface area contributed by atoms with E-state index in [1.54, 1.807) is 0 Å². The lowest BCUT2D eigenvalue weighted by molar-refractivity contribution is -0.0481. The fourth-order valence-corrected chi connectivity index (χ4v) is 1.41. The molecule has 0 bridgehead atoms. The Morgan fingerprint density at radius 2 is 2.10 bits per heavy atom. The van der Waals surface area contributed by atoms with Gasteiger partial charge in [-0.1, -0.05) is 0 Å². The van der Waals surface area contributed by atoms with Crippen LogP contribution in [0, 0.1) is 0 Å². The van der Waals surface area contributed by atoms with Crippen LogP contribution in [0.1, 0.15) is 33.1 Å². The normalized spacial score (nSPS) is 33.6. The minimum absolute atomic E-state index is 0.111. The number of hydrogen-bond acceptors (Lipinski definition) is 2. The van der Waals surface area contributed by atoms with Crippen molar-refractivity contribution in [1.29, 1.82) is 0 Å². The lowest BCUT2D eigenvalue weighted by Gasteiger charge is -2.17. The second-order valence-electron chi connectivity index (χ2n) is 3.22. The molecule has 1 fully saturated rings. The summed E-state index contributed by atoms with van der Waals surface area (Å²) < 4.78 is 5.47. The van der Waals surface area contributed by atoms with Crippen LogP contribution in [0.2, 0.25) is 0 Å².